The highest BCUT2D eigenvalue weighted by atomic mass is 16.2. The predicted octanol–water partition coefficient (Wildman–Crippen LogP) is 2.15. The zero-order valence-corrected chi connectivity index (χ0v) is 10.7. The number of carbonyl (C=O) groups excluding carboxylic acids is 1. The van der Waals surface area contributed by atoms with Crippen molar-refractivity contribution >= 4 is 5.91 Å². The molecule has 0 spiro atoms. The molecule has 1 aliphatic carbocycles. The number of carbonyl (C=O) groups is 1. The van der Waals surface area contributed by atoms with Crippen LogP contribution in [0, 0.1) is 5.92 Å². The number of nitrogens with two attached hydrogens (primary N) is 1. The van der Waals surface area contributed by atoms with Crippen LogP contribution >= 0.6 is 0 Å². The molecule has 1 aliphatic rings. The second-order valence-corrected chi connectivity index (χ2v) is 4.90. The molecule has 1 saturated carbocycles. The van der Waals surface area contributed by atoms with Gasteiger partial charge in [-0.3, -0.25) is 4.79 Å². The Bertz CT molecular complexity index is 214. The molecule has 3 nitrogen and oxygen atoms in total. The molecular weight excluding hydrogens is 200 g/mol. The van der Waals surface area contributed by atoms with Gasteiger partial charge in [0.2, 0.25) is 5.91 Å². The lowest BCUT2D eigenvalue weighted by Crippen LogP contribution is -2.32. The van der Waals surface area contributed by atoms with E-state index in [1.807, 2.05) is 18.7 Å². The summed E-state index contributed by atoms with van der Waals surface area (Å²) < 4.78 is 0. The van der Waals surface area contributed by atoms with Crippen molar-refractivity contribution in [3.05, 3.63) is 0 Å². The third-order valence-corrected chi connectivity index (χ3v) is 3.71. The fourth-order valence-corrected chi connectivity index (χ4v) is 2.66. The van der Waals surface area contributed by atoms with Crippen LogP contribution in [0.4, 0.5) is 0 Å². The molecule has 0 bridgehead atoms. The van der Waals surface area contributed by atoms with E-state index in [1.165, 1.54) is 19.3 Å². The first kappa shape index (κ1) is 13.5. The molecule has 0 heterocycles. The molecule has 16 heavy (non-hydrogen) atoms. The van der Waals surface area contributed by atoms with Crippen LogP contribution in [-0.2, 0) is 4.79 Å². The fourth-order valence-electron chi connectivity index (χ4n) is 2.66. The number of nitrogens with zero attached hydrogens (tertiary/aromatic N) is 1. The van der Waals surface area contributed by atoms with E-state index in [4.69, 9.17) is 5.73 Å². The summed E-state index contributed by atoms with van der Waals surface area (Å²) in [4.78, 5) is 13.7. The molecule has 0 aromatic heterocycles. The predicted molar refractivity (Wildman–Crippen MR) is 67.1 cm³/mol. The average molecular weight is 226 g/mol. The Morgan fingerprint density at radius 3 is 2.56 bits per heavy atom. The monoisotopic (exact) mass is 226 g/mol. The summed E-state index contributed by atoms with van der Waals surface area (Å²) in [5.74, 6) is 0.993. The van der Waals surface area contributed by atoms with Crippen LogP contribution in [-0.4, -0.2) is 29.9 Å². The van der Waals surface area contributed by atoms with E-state index >= 15 is 0 Å². The van der Waals surface area contributed by atoms with E-state index in [2.05, 4.69) is 0 Å². The number of hydrogen-bond donors (Lipinski definition) is 1. The number of rotatable bonds is 5. The molecule has 0 aromatic carbocycles. The highest BCUT2D eigenvalue weighted by Crippen LogP contribution is 2.26. The molecule has 1 amide bonds. The maximum Gasteiger partial charge on any atom is 0.222 e. The van der Waals surface area contributed by atoms with Crippen molar-refractivity contribution < 1.29 is 4.79 Å². The SMILES string of the molecule is CCN(CC)C(=O)CCC1CCCC(N)C1. The minimum Gasteiger partial charge on any atom is -0.343 e. The molecule has 3 heteroatoms. The van der Waals surface area contributed by atoms with Crippen LogP contribution in [0.3, 0.4) is 0 Å². The summed E-state index contributed by atoms with van der Waals surface area (Å²) in [6, 6.07) is 0.377. The van der Waals surface area contributed by atoms with Gasteiger partial charge < -0.3 is 10.6 Å². The summed E-state index contributed by atoms with van der Waals surface area (Å²) in [6.07, 6.45) is 6.53. The van der Waals surface area contributed by atoms with Crippen molar-refractivity contribution in [1.82, 2.24) is 4.90 Å². The average Bonchev–Trinajstić information content (AvgIpc) is 2.28. The summed E-state index contributed by atoms with van der Waals surface area (Å²) in [5.41, 5.74) is 5.95. The maximum atomic E-state index is 11.8. The standard InChI is InChI=1S/C13H26N2O/c1-3-15(4-2)13(16)9-8-11-6-5-7-12(14)10-11/h11-12H,3-10,14H2,1-2H3. The Hall–Kier alpha value is -0.570. The number of amides is 1. The summed E-state index contributed by atoms with van der Waals surface area (Å²) in [6.45, 7) is 5.74. The van der Waals surface area contributed by atoms with Crippen LogP contribution in [0.5, 0.6) is 0 Å². The second kappa shape index (κ2) is 6.89. The molecule has 1 fully saturated rings. The largest absolute Gasteiger partial charge is 0.343 e. The van der Waals surface area contributed by atoms with Gasteiger partial charge in [-0.2, -0.15) is 0 Å². The number of hydrogen-bond acceptors (Lipinski definition) is 2. The van der Waals surface area contributed by atoms with E-state index in [9.17, 15) is 4.79 Å². The highest BCUT2D eigenvalue weighted by molar-refractivity contribution is 5.76. The van der Waals surface area contributed by atoms with Gasteiger partial charge in [0.1, 0.15) is 0 Å². The lowest BCUT2D eigenvalue weighted by Gasteiger charge is -2.27. The Balaban J connectivity index is 2.25. The molecular formula is C13H26N2O. The summed E-state index contributed by atoms with van der Waals surface area (Å²) in [5, 5.41) is 0. The zero-order valence-electron chi connectivity index (χ0n) is 10.7. The molecule has 0 aromatic rings. The maximum absolute atomic E-state index is 11.8. The van der Waals surface area contributed by atoms with Gasteiger partial charge in [0, 0.05) is 25.6 Å². The van der Waals surface area contributed by atoms with Gasteiger partial charge in [-0.15, -0.1) is 0 Å². The zero-order chi connectivity index (χ0) is 12.0. The first-order valence-electron chi connectivity index (χ1n) is 6.70. The van der Waals surface area contributed by atoms with Crippen LogP contribution in [0.15, 0.2) is 0 Å². The van der Waals surface area contributed by atoms with Crippen molar-refractivity contribution in [3.8, 4) is 0 Å². The molecule has 0 saturated heterocycles. The molecule has 0 aliphatic heterocycles. The highest BCUT2D eigenvalue weighted by Gasteiger charge is 2.20. The summed E-state index contributed by atoms with van der Waals surface area (Å²) >= 11 is 0. The Morgan fingerprint density at radius 2 is 2.00 bits per heavy atom. The normalized spacial score (nSPS) is 25.4. The Labute approximate surface area is 99.4 Å². The third kappa shape index (κ3) is 4.12. The van der Waals surface area contributed by atoms with Gasteiger partial charge in [0.25, 0.3) is 0 Å². The minimum atomic E-state index is 0.309. The first-order chi connectivity index (χ1) is 7.67. The van der Waals surface area contributed by atoms with Crippen molar-refractivity contribution in [2.24, 2.45) is 11.7 Å². The fraction of sp³-hybridized carbons (Fsp3) is 0.923. The lowest BCUT2D eigenvalue weighted by molar-refractivity contribution is -0.131. The molecule has 2 unspecified atom stereocenters. The van der Waals surface area contributed by atoms with Gasteiger partial charge in [0.05, 0.1) is 0 Å². The van der Waals surface area contributed by atoms with E-state index in [0.29, 0.717) is 24.3 Å². The van der Waals surface area contributed by atoms with Gasteiger partial charge in [0.15, 0.2) is 0 Å². The van der Waals surface area contributed by atoms with Crippen molar-refractivity contribution in [1.29, 1.82) is 0 Å². The van der Waals surface area contributed by atoms with Crippen LogP contribution < -0.4 is 5.73 Å². The van der Waals surface area contributed by atoms with Crippen molar-refractivity contribution in [3.63, 3.8) is 0 Å². The van der Waals surface area contributed by atoms with Gasteiger partial charge in [-0.25, -0.2) is 0 Å². The van der Waals surface area contributed by atoms with Crippen LogP contribution in [0.1, 0.15) is 52.4 Å². The first-order valence-corrected chi connectivity index (χ1v) is 6.70. The van der Waals surface area contributed by atoms with E-state index in [0.717, 1.165) is 25.9 Å². The van der Waals surface area contributed by atoms with Crippen LogP contribution in [0.2, 0.25) is 0 Å². The topological polar surface area (TPSA) is 46.3 Å². The second-order valence-electron chi connectivity index (χ2n) is 4.90. The van der Waals surface area contributed by atoms with E-state index < -0.39 is 0 Å². The van der Waals surface area contributed by atoms with Crippen molar-refractivity contribution in [2.45, 2.75) is 58.4 Å². The Morgan fingerprint density at radius 1 is 1.31 bits per heavy atom. The summed E-state index contributed by atoms with van der Waals surface area (Å²) in [7, 11) is 0. The van der Waals surface area contributed by atoms with E-state index in [-0.39, 0.29) is 0 Å². The molecule has 1 rings (SSSR count). The van der Waals surface area contributed by atoms with E-state index in [1.54, 1.807) is 0 Å². The van der Waals surface area contributed by atoms with Gasteiger partial charge in [-0.1, -0.05) is 12.8 Å². The van der Waals surface area contributed by atoms with Gasteiger partial charge in [-0.05, 0) is 39.0 Å². The van der Waals surface area contributed by atoms with Crippen molar-refractivity contribution in [2.75, 3.05) is 13.1 Å². The molecule has 94 valence electrons. The molecule has 0 radical (unpaired) electrons. The minimum absolute atomic E-state index is 0.309. The molecule has 2 N–H and O–H groups in total. The lowest BCUT2D eigenvalue weighted by atomic mass is 9.83. The quantitative estimate of drug-likeness (QED) is 0.781. The third-order valence-electron chi connectivity index (χ3n) is 3.71. The smallest absolute Gasteiger partial charge is 0.222 e. The molecule has 2 atom stereocenters. The van der Waals surface area contributed by atoms with Crippen LogP contribution in [0.25, 0.3) is 0 Å². The Kier molecular flexibility index (Phi) is 5.81. The van der Waals surface area contributed by atoms with Gasteiger partial charge >= 0.3 is 0 Å².